The number of nitrogens with one attached hydrogen (secondary N) is 1. The number of benzene rings is 1. The Morgan fingerprint density at radius 1 is 1.47 bits per heavy atom. The van der Waals surface area contributed by atoms with Gasteiger partial charge in [0, 0.05) is 12.5 Å². The number of rotatable bonds is 5. The lowest BCUT2D eigenvalue weighted by Crippen LogP contribution is -2.35. The van der Waals surface area contributed by atoms with E-state index >= 15 is 0 Å². The SMILES string of the molecule is CCCC(N)CC(=O)NC1CCCc2ccccc21. The van der Waals surface area contributed by atoms with Crippen LogP contribution in [0.3, 0.4) is 0 Å². The van der Waals surface area contributed by atoms with Gasteiger partial charge in [0.15, 0.2) is 0 Å². The van der Waals surface area contributed by atoms with E-state index in [4.69, 9.17) is 5.73 Å². The summed E-state index contributed by atoms with van der Waals surface area (Å²) in [5.41, 5.74) is 8.58. The van der Waals surface area contributed by atoms with Crippen molar-refractivity contribution < 1.29 is 4.79 Å². The molecule has 2 rings (SSSR count). The highest BCUT2D eigenvalue weighted by atomic mass is 16.1. The van der Waals surface area contributed by atoms with Crippen molar-refractivity contribution in [1.82, 2.24) is 5.32 Å². The van der Waals surface area contributed by atoms with Crippen LogP contribution in [-0.4, -0.2) is 11.9 Å². The van der Waals surface area contributed by atoms with Gasteiger partial charge < -0.3 is 11.1 Å². The van der Waals surface area contributed by atoms with Gasteiger partial charge in [0.25, 0.3) is 0 Å². The van der Waals surface area contributed by atoms with Crippen molar-refractivity contribution in [3.8, 4) is 0 Å². The summed E-state index contributed by atoms with van der Waals surface area (Å²) in [6, 6.07) is 8.57. The van der Waals surface area contributed by atoms with Gasteiger partial charge >= 0.3 is 0 Å². The van der Waals surface area contributed by atoms with Gasteiger partial charge in [-0.2, -0.15) is 0 Å². The lowest BCUT2D eigenvalue weighted by atomic mass is 9.87. The fourth-order valence-electron chi connectivity index (χ4n) is 2.87. The molecule has 2 unspecified atom stereocenters. The topological polar surface area (TPSA) is 55.1 Å². The molecule has 1 amide bonds. The lowest BCUT2D eigenvalue weighted by molar-refractivity contribution is -0.122. The molecule has 3 nitrogen and oxygen atoms in total. The highest BCUT2D eigenvalue weighted by Crippen LogP contribution is 2.29. The first kappa shape index (κ1) is 14.1. The summed E-state index contributed by atoms with van der Waals surface area (Å²) in [4.78, 5) is 12.0. The second-order valence-corrected chi connectivity index (χ2v) is 5.46. The van der Waals surface area contributed by atoms with Crippen molar-refractivity contribution in [1.29, 1.82) is 0 Å². The molecule has 1 aliphatic carbocycles. The number of carbonyl (C=O) groups is 1. The molecule has 104 valence electrons. The molecule has 0 radical (unpaired) electrons. The zero-order valence-electron chi connectivity index (χ0n) is 11.7. The zero-order valence-corrected chi connectivity index (χ0v) is 11.7. The van der Waals surface area contributed by atoms with E-state index in [-0.39, 0.29) is 18.0 Å². The van der Waals surface area contributed by atoms with Crippen LogP contribution in [0.2, 0.25) is 0 Å². The van der Waals surface area contributed by atoms with Gasteiger partial charge in [-0.3, -0.25) is 4.79 Å². The first-order valence-electron chi connectivity index (χ1n) is 7.33. The van der Waals surface area contributed by atoms with E-state index in [2.05, 4.69) is 30.4 Å². The van der Waals surface area contributed by atoms with E-state index in [9.17, 15) is 4.79 Å². The normalized spacial score (nSPS) is 19.6. The Kier molecular flexibility index (Phi) is 4.97. The van der Waals surface area contributed by atoms with Gasteiger partial charge in [0.2, 0.25) is 5.91 Å². The Bertz CT molecular complexity index is 431. The highest BCUT2D eigenvalue weighted by Gasteiger charge is 2.21. The van der Waals surface area contributed by atoms with Crippen LogP contribution in [0.4, 0.5) is 0 Å². The molecule has 0 aliphatic heterocycles. The molecule has 0 spiro atoms. The third kappa shape index (κ3) is 3.80. The molecule has 1 aromatic rings. The summed E-state index contributed by atoms with van der Waals surface area (Å²) < 4.78 is 0. The molecule has 3 N–H and O–H groups in total. The van der Waals surface area contributed by atoms with Gasteiger partial charge in [-0.1, -0.05) is 37.6 Å². The smallest absolute Gasteiger partial charge is 0.222 e. The Morgan fingerprint density at radius 3 is 3.05 bits per heavy atom. The number of fused-ring (bicyclic) bond motifs is 1. The summed E-state index contributed by atoms with van der Waals surface area (Å²) >= 11 is 0. The third-order valence-corrected chi connectivity index (χ3v) is 3.81. The first-order valence-corrected chi connectivity index (χ1v) is 7.33. The van der Waals surface area contributed by atoms with E-state index < -0.39 is 0 Å². The monoisotopic (exact) mass is 260 g/mol. The average Bonchev–Trinajstić information content (AvgIpc) is 2.39. The highest BCUT2D eigenvalue weighted by molar-refractivity contribution is 5.77. The minimum Gasteiger partial charge on any atom is -0.349 e. The maximum atomic E-state index is 12.0. The molecular weight excluding hydrogens is 236 g/mol. The van der Waals surface area contributed by atoms with Crippen LogP contribution in [0.25, 0.3) is 0 Å². The predicted octanol–water partition coefficient (Wildman–Crippen LogP) is 2.70. The van der Waals surface area contributed by atoms with Gasteiger partial charge in [0.05, 0.1) is 6.04 Å². The summed E-state index contributed by atoms with van der Waals surface area (Å²) in [6.07, 6.45) is 5.68. The predicted molar refractivity (Wildman–Crippen MR) is 77.8 cm³/mol. The van der Waals surface area contributed by atoms with Gasteiger partial charge in [-0.25, -0.2) is 0 Å². The van der Waals surface area contributed by atoms with Crippen LogP contribution in [0.1, 0.15) is 56.2 Å². The van der Waals surface area contributed by atoms with Crippen LogP contribution in [0.15, 0.2) is 24.3 Å². The van der Waals surface area contributed by atoms with Crippen LogP contribution in [-0.2, 0) is 11.2 Å². The molecule has 0 fully saturated rings. The molecule has 19 heavy (non-hydrogen) atoms. The molecule has 0 saturated heterocycles. The average molecular weight is 260 g/mol. The number of hydrogen-bond donors (Lipinski definition) is 2. The van der Waals surface area contributed by atoms with Crippen LogP contribution in [0, 0.1) is 0 Å². The second kappa shape index (κ2) is 6.71. The maximum Gasteiger partial charge on any atom is 0.222 e. The molecule has 3 heteroatoms. The molecule has 0 heterocycles. The fourth-order valence-corrected chi connectivity index (χ4v) is 2.87. The molecule has 1 aliphatic rings. The number of carbonyl (C=O) groups excluding carboxylic acids is 1. The Morgan fingerprint density at radius 2 is 2.26 bits per heavy atom. The van der Waals surface area contributed by atoms with Gasteiger partial charge in [0.1, 0.15) is 0 Å². The molecule has 0 bridgehead atoms. The summed E-state index contributed by atoms with van der Waals surface area (Å²) in [5.74, 6) is 0.0858. The van der Waals surface area contributed by atoms with E-state index in [1.165, 1.54) is 11.1 Å². The number of aryl methyl sites for hydroxylation is 1. The minimum absolute atomic E-state index is 0.0103. The van der Waals surface area contributed by atoms with E-state index in [1.54, 1.807) is 0 Å². The molecule has 0 saturated carbocycles. The Labute approximate surface area is 115 Å². The summed E-state index contributed by atoms with van der Waals surface area (Å²) in [5, 5.41) is 3.15. The largest absolute Gasteiger partial charge is 0.349 e. The molecule has 0 aromatic heterocycles. The minimum atomic E-state index is -0.0103. The van der Waals surface area contributed by atoms with Crippen molar-refractivity contribution in [3.05, 3.63) is 35.4 Å². The van der Waals surface area contributed by atoms with Crippen molar-refractivity contribution in [2.75, 3.05) is 0 Å². The Hall–Kier alpha value is -1.35. The third-order valence-electron chi connectivity index (χ3n) is 3.81. The van der Waals surface area contributed by atoms with Crippen LogP contribution >= 0.6 is 0 Å². The van der Waals surface area contributed by atoms with Crippen molar-refractivity contribution in [2.45, 2.75) is 57.5 Å². The number of hydrogen-bond acceptors (Lipinski definition) is 2. The summed E-state index contributed by atoms with van der Waals surface area (Å²) in [7, 11) is 0. The van der Waals surface area contributed by atoms with E-state index in [0.29, 0.717) is 6.42 Å². The summed E-state index contributed by atoms with van der Waals surface area (Å²) in [6.45, 7) is 2.09. The van der Waals surface area contributed by atoms with E-state index in [1.807, 2.05) is 6.07 Å². The number of nitrogens with two attached hydrogens (primary N) is 1. The molecular formula is C16H24N2O. The molecule has 1 aromatic carbocycles. The first-order chi connectivity index (χ1) is 9.20. The van der Waals surface area contributed by atoms with Crippen molar-refractivity contribution >= 4 is 5.91 Å². The lowest BCUT2D eigenvalue weighted by Gasteiger charge is -2.26. The number of amides is 1. The van der Waals surface area contributed by atoms with Crippen molar-refractivity contribution in [3.63, 3.8) is 0 Å². The Balaban J connectivity index is 1.95. The molecule has 2 atom stereocenters. The van der Waals surface area contributed by atoms with Gasteiger partial charge in [-0.15, -0.1) is 0 Å². The van der Waals surface area contributed by atoms with Crippen LogP contribution < -0.4 is 11.1 Å². The second-order valence-electron chi connectivity index (χ2n) is 5.46. The standard InChI is InChI=1S/C16H24N2O/c1-2-6-13(17)11-16(19)18-15-10-5-8-12-7-3-4-9-14(12)15/h3-4,7,9,13,15H,2,5-6,8,10-11,17H2,1H3,(H,18,19). The fraction of sp³-hybridized carbons (Fsp3) is 0.562. The van der Waals surface area contributed by atoms with E-state index in [0.717, 1.165) is 32.1 Å². The quantitative estimate of drug-likeness (QED) is 0.855. The zero-order chi connectivity index (χ0) is 13.7. The maximum absolute atomic E-state index is 12.0. The van der Waals surface area contributed by atoms with Gasteiger partial charge in [-0.05, 0) is 36.8 Å². The van der Waals surface area contributed by atoms with Crippen LogP contribution in [0.5, 0.6) is 0 Å². The van der Waals surface area contributed by atoms with Crippen molar-refractivity contribution in [2.24, 2.45) is 5.73 Å².